The molecular formula is C8H20N2. The van der Waals surface area contributed by atoms with Crippen molar-refractivity contribution in [3.05, 3.63) is 0 Å². The van der Waals surface area contributed by atoms with Crippen LogP contribution in [-0.4, -0.2) is 25.7 Å². The van der Waals surface area contributed by atoms with Gasteiger partial charge >= 0.3 is 0 Å². The molecule has 0 fully saturated rings. The van der Waals surface area contributed by atoms with Gasteiger partial charge in [-0.05, 0) is 26.9 Å². The highest BCUT2D eigenvalue weighted by Crippen LogP contribution is 1.95. The van der Waals surface area contributed by atoms with Gasteiger partial charge in [-0.15, -0.1) is 0 Å². The van der Waals surface area contributed by atoms with E-state index in [2.05, 4.69) is 31.4 Å². The van der Waals surface area contributed by atoms with E-state index in [1.807, 2.05) is 7.05 Å². The van der Waals surface area contributed by atoms with Crippen molar-refractivity contribution in [1.29, 1.82) is 0 Å². The fourth-order valence-corrected chi connectivity index (χ4v) is 1.27. The Morgan fingerprint density at radius 1 is 1.30 bits per heavy atom. The van der Waals surface area contributed by atoms with Crippen LogP contribution in [-0.2, 0) is 0 Å². The molecule has 0 aromatic heterocycles. The second kappa shape index (κ2) is 5.69. The molecule has 0 radical (unpaired) electrons. The molecular weight excluding hydrogens is 124 g/mol. The zero-order valence-corrected chi connectivity index (χ0v) is 7.57. The molecule has 0 aliphatic carbocycles. The minimum Gasteiger partial charge on any atom is -0.315 e. The first-order chi connectivity index (χ1) is 4.76. The van der Waals surface area contributed by atoms with Gasteiger partial charge in [-0.25, -0.2) is 0 Å². The maximum Gasteiger partial charge on any atom is 0.0212 e. The first-order valence-corrected chi connectivity index (χ1v) is 4.16. The number of likely N-dealkylation sites (N-methyl/N-ethyl adjacent to an activating group) is 2. The summed E-state index contributed by atoms with van der Waals surface area (Å²) in [5, 5.41) is 6.66. The Hall–Kier alpha value is -0.0800. The van der Waals surface area contributed by atoms with Gasteiger partial charge in [0, 0.05) is 12.1 Å². The maximum atomic E-state index is 3.38. The van der Waals surface area contributed by atoms with Gasteiger partial charge < -0.3 is 10.6 Å². The van der Waals surface area contributed by atoms with Crippen molar-refractivity contribution in [2.24, 2.45) is 0 Å². The first-order valence-electron chi connectivity index (χ1n) is 4.16. The van der Waals surface area contributed by atoms with Gasteiger partial charge in [0.2, 0.25) is 0 Å². The highest BCUT2D eigenvalue weighted by Gasteiger charge is 2.10. The summed E-state index contributed by atoms with van der Waals surface area (Å²) in [6.45, 7) is 7.61. The van der Waals surface area contributed by atoms with Gasteiger partial charge in [0.1, 0.15) is 0 Å². The van der Waals surface area contributed by atoms with Gasteiger partial charge in [0.15, 0.2) is 0 Å². The van der Waals surface area contributed by atoms with E-state index in [-0.39, 0.29) is 0 Å². The Morgan fingerprint density at radius 2 is 1.90 bits per heavy atom. The summed E-state index contributed by atoms with van der Waals surface area (Å²) >= 11 is 0. The smallest absolute Gasteiger partial charge is 0.0212 e. The lowest BCUT2D eigenvalue weighted by Crippen LogP contribution is -2.44. The molecule has 2 heteroatoms. The third-order valence-corrected chi connectivity index (χ3v) is 1.94. The second-order valence-corrected chi connectivity index (χ2v) is 2.65. The summed E-state index contributed by atoms with van der Waals surface area (Å²) < 4.78 is 0. The molecule has 0 amide bonds. The van der Waals surface area contributed by atoms with Crippen LogP contribution in [0.2, 0.25) is 0 Å². The average molecular weight is 144 g/mol. The van der Waals surface area contributed by atoms with E-state index >= 15 is 0 Å². The lowest BCUT2D eigenvalue weighted by molar-refractivity contribution is 0.407. The van der Waals surface area contributed by atoms with Crippen molar-refractivity contribution in [3.63, 3.8) is 0 Å². The second-order valence-electron chi connectivity index (χ2n) is 2.65. The quantitative estimate of drug-likeness (QED) is 0.601. The zero-order valence-electron chi connectivity index (χ0n) is 7.57. The van der Waals surface area contributed by atoms with Crippen molar-refractivity contribution >= 4 is 0 Å². The summed E-state index contributed by atoms with van der Waals surface area (Å²) in [5.74, 6) is 0. The van der Waals surface area contributed by atoms with E-state index < -0.39 is 0 Å². The van der Waals surface area contributed by atoms with E-state index in [0.717, 1.165) is 6.54 Å². The van der Waals surface area contributed by atoms with E-state index in [9.17, 15) is 0 Å². The molecule has 0 aromatic carbocycles. The topological polar surface area (TPSA) is 24.1 Å². The normalized spacial score (nSPS) is 16.8. The van der Waals surface area contributed by atoms with Crippen molar-refractivity contribution in [1.82, 2.24) is 10.6 Å². The summed E-state index contributed by atoms with van der Waals surface area (Å²) in [5.41, 5.74) is 0. The van der Waals surface area contributed by atoms with Gasteiger partial charge in [0.05, 0.1) is 0 Å². The van der Waals surface area contributed by atoms with Gasteiger partial charge in [0.25, 0.3) is 0 Å². The number of hydrogen-bond donors (Lipinski definition) is 2. The average Bonchev–Trinajstić information content (AvgIpc) is 1.91. The minimum atomic E-state index is 0.583. The molecule has 2 atom stereocenters. The van der Waals surface area contributed by atoms with Crippen molar-refractivity contribution in [2.75, 3.05) is 13.6 Å². The molecule has 0 rings (SSSR count). The molecule has 0 bridgehead atoms. The van der Waals surface area contributed by atoms with Crippen molar-refractivity contribution in [3.8, 4) is 0 Å². The number of nitrogens with one attached hydrogen (secondary N) is 2. The van der Waals surface area contributed by atoms with Crippen LogP contribution in [0.5, 0.6) is 0 Å². The van der Waals surface area contributed by atoms with Crippen LogP contribution >= 0.6 is 0 Å². The van der Waals surface area contributed by atoms with E-state index in [4.69, 9.17) is 0 Å². The summed E-state index contributed by atoms with van der Waals surface area (Å²) in [4.78, 5) is 0. The highest BCUT2D eigenvalue weighted by atomic mass is 15.0. The lowest BCUT2D eigenvalue weighted by Gasteiger charge is -2.22. The summed E-state index contributed by atoms with van der Waals surface area (Å²) in [6, 6.07) is 1.19. The predicted molar refractivity (Wildman–Crippen MR) is 46.3 cm³/mol. The van der Waals surface area contributed by atoms with Crippen LogP contribution in [0, 0.1) is 0 Å². The van der Waals surface area contributed by atoms with Gasteiger partial charge in [-0.3, -0.25) is 0 Å². The van der Waals surface area contributed by atoms with Crippen LogP contribution in [0.1, 0.15) is 27.2 Å². The maximum absolute atomic E-state index is 3.38. The third kappa shape index (κ3) is 3.18. The fraction of sp³-hybridized carbons (Fsp3) is 1.00. The Kier molecular flexibility index (Phi) is 5.64. The fourth-order valence-electron chi connectivity index (χ4n) is 1.27. The van der Waals surface area contributed by atoms with Gasteiger partial charge in [-0.1, -0.05) is 13.8 Å². The standard InChI is InChI=1S/C8H20N2/c1-5-8(9-4)7(3)10-6-2/h7-10H,5-6H2,1-4H3. The summed E-state index contributed by atoms with van der Waals surface area (Å²) in [6.07, 6.45) is 1.19. The molecule has 0 saturated carbocycles. The van der Waals surface area contributed by atoms with Crippen molar-refractivity contribution < 1.29 is 0 Å². The zero-order chi connectivity index (χ0) is 7.98. The van der Waals surface area contributed by atoms with Crippen LogP contribution in [0.4, 0.5) is 0 Å². The lowest BCUT2D eigenvalue weighted by atomic mass is 10.1. The molecule has 2 nitrogen and oxygen atoms in total. The molecule has 2 unspecified atom stereocenters. The van der Waals surface area contributed by atoms with Gasteiger partial charge in [-0.2, -0.15) is 0 Å². The van der Waals surface area contributed by atoms with Crippen LogP contribution in [0.15, 0.2) is 0 Å². The Bertz CT molecular complexity index is 69.7. The number of hydrogen-bond acceptors (Lipinski definition) is 2. The predicted octanol–water partition coefficient (Wildman–Crippen LogP) is 0.982. The molecule has 0 saturated heterocycles. The van der Waals surface area contributed by atoms with E-state index in [0.29, 0.717) is 12.1 Å². The molecule has 62 valence electrons. The first kappa shape index (κ1) is 9.92. The Labute approximate surface area is 64.4 Å². The molecule has 0 aromatic rings. The number of rotatable bonds is 5. The summed E-state index contributed by atoms with van der Waals surface area (Å²) in [7, 11) is 2.02. The van der Waals surface area contributed by atoms with Crippen LogP contribution in [0.3, 0.4) is 0 Å². The van der Waals surface area contributed by atoms with Crippen LogP contribution < -0.4 is 10.6 Å². The molecule has 2 N–H and O–H groups in total. The Morgan fingerprint density at radius 3 is 2.20 bits per heavy atom. The van der Waals surface area contributed by atoms with E-state index in [1.54, 1.807) is 0 Å². The van der Waals surface area contributed by atoms with E-state index in [1.165, 1.54) is 6.42 Å². The molecule has 10 heavy (non-hydrogen) atoms. The third-order valence-electron chi connectivity index (χ3n) is 1.94. The monoisotopic (exact) mass is 144 g/mol. The van der Waals surface area contributed by atoms with Crippen LogP contribution in [0.25, 0.3) is 0 Å². The molecule has 0 aliphatic heterocycles. The SMILES string of the molecule is CCNC(C)C(CC)NC. The molecule has 0 spiro atoms. The van der Waals surface area contributed by atoms with Crippen molar-refractivity contribution in [2.45, 2.75) is 39.3 Å². The highest BCUT2D eigenvalue weighted by molar-refractivity contribution is 4.74. The Balaban J connectivity index is 3.53. The molecule has 0 aliphatic rings. The largest absolute Gasteiger partial charge is 0.315 e. The molecule has 0 heterocycles. The minimum absolute atomic E-state index is 0.583.